The number of hydrogen-bond donors (Lipinski definition) is 1. The van der Waals surface area contributed by atoms with Gasteiger partial charge in [0.05, 0.1) is 20.6 Å². The van der Waals surface area contributed by atoms with Crippen molar-refractivity contribution in [1.29, 1.82) is 0 Å². The molecule has 1 aliphatic heterocycles. The first-order valence-electron chi connectivity index (χ1n) is 9.17. The van der Waals surface area contributed by atoms with Crippen molar-refractivity contribution < 1.29 is 13.9 Å². The van der Waals surface area contributed by atoms with Crippen LogP contribution in [0.1, 0.15) is 30.1 Å². The molecule has 0 spiro atoms. The van der Waals surface area contributed by atoms with Crippen LogP contribution >= 0.6 is 46.8 Å². The third kappa shape index (κ3) is 5.63. The smallest absolute Gasteiger partial charge is 0.264 e. The first-order valence-corrected chi connectivity index (χ1v) is 11.3. The molecule has 1 amide bonds. The summed E-state index contributed by atoms with van der Waals surface area (Å²) in [6.45, 7) is 3.41. The number of carbonyl (C=O) groups excluding carboxylic acids is 1. The SMILES string of the molecule is CCSNC(=O)c1cc(Cl)c(OC2CCN(c3ccc(Cl)c(Cl)c3)CC2)cc1F. The van der Waals surface area contributed by atoms with E-state index in [1.165, 1.54) is 24.1 Å². The molecule has 1 fully saturated rings. The zero-order valence-electron chi connectivity index (χ0n) is 15.7. The van der Waals surface area contributed by atoms with E-state index in [0.717, 1.165) is 31.6 Å². The highest BCUT2D eigenvalue weighted by atomic mass is 35.5. The second kappa shape index (κ2) is 10.1. The van der Waals surface area contributed by atoms with E-state index in [-0.39, 0.29) is 22.4 Å². The normalized spacial score (nSPS) is 14.7. The molecule has 1 heterocycles. The Kier molecular flexibility index (Phi) is 7.79. The first-order chi connectivity index (χ1) is 13.9. The summed E-state index contributed by atoms with van der Waals surface area (Å²) < 4.78 is 22.9. The molecule has 1 N–H and O–H groups in total. The topological polar surface area (TPSA) is 41.6 Å². The van der Waals surface area contributed by atoms with Gasteiger partial charge in [-0.05, 0) is 24.3 Å². The summed E-state index contributed by atoms with van der Waals surface area (Å²) in [5, 5.41) is 1.26. The van der Waals surface area contributed by atoms with E-state index in [0.29, 0.717) is 15.8 Å². The average Bonchev–Trinajstić information content (AvgIpc) is 2.71. The van der Waals surface area contributed by atoms with Crippen LogP contribution in [0.25, 0.3) is 0 Å². The molecule has 2 aromatic rings. The van der Waals surface area contributed by atoms with E-state index in [9.17, 15) is 9.18 Å². The van der Waals surface area contributed by atoms with Gasteiger partial charge in [0.25, 0.3) is 5.91 Å². The van der Waals surface area contributed by atoms with Gasteiger partial charge in [0.2, 0.25) is 0 Å². The molecule has 4 nitrogen and oxygen atoms in total. The highest BCUT2D eigenvalue weighted by Gasteiger charge is 2.23. The molecule has 0 aliphatic carbocycles. The van der Waals surface area contributed by atoms with E-state index in [2.05, 4.69) is 9.62 Å². The molecule has 0 atom stereocenters. The van der Waals surface area contributed by atoms with Crippen LogP contribution in [0.4, 0.5) is 10.1 Å². The van der Waals surface area contributed by atoms with Crippen molar-refractivity contribution in [1.82, 2.24) is 4.72 Å². The minimum atomic E-state index is -0.660. The van der Waals surface area contributed by atoms with E-state index in [4.69, 9.17) is 39.5 Å². The molecule has 9 heteroatoms. The number of nitrogens with one attached hydrogen (secondary N) is 1. The van der Waals surface area contributed by atoms with Gasteiger partial charge in [-0.2, -0.15) is 0 Å². The summed E-state index contributed by atoms with van der Waals surface area (Å²) in [4.78, 5) is 14.2. The fourth-order valence-electron chi connectivity index (χ4n) is 3.08. The third-order valence-corrected chi connectivity index (χ3v) is 6.23. The number of hydrogen-bond acceptors (Lipinski definition) is 4. The van der Waals surface area contributed by atoms with Crippen LogP contribution in [0, 0.1) is 5.82 Å². The quantitative estimate of drug-likeness (QED) is 0.501. The van der Waals surface area contributed by atoms with Crippen molar-refractivity contribution in [3.63, 3.8) is 0 Å². The summed E-state index contributed by atoms with van der Waals surface area (Å²) in [7, 11) is 0. The zero-order chi connectivity index (χ0) is 21.0. The highest BCUT2D eigenvalue weighted by Crippen LogP contribution is 2.32. The Morgan fingerprint density at radius 2 is 1.90 bits per heavy atom. The summed E-state index contributed by atoms with van der Waals surface area (Å²) in [5.74, 6) is -0.245. The molecule has 3 rings (SSSR count). The minimum absolute atomic E-state index is 0.0961. The number of benzene rings is 2. The lowest BCUT2D eigenvalue weighted by molar-refractivity contribution is 0.0980. The molecular formula is C20H20Cl3FN2O2S. The minimum Gasteiger partial charge on any atom is -0.489 e. The lowest BCUT2D eigenvalue weighted by Crippen LogP contribution is -2.38. The fourth-order valence-corrected chi connectivity index (χ4v) is 3.96. The summed E-state index contributed by atoms with van der Waals surface area (Å²) in [5.41, 5.74) is 0.903. The van der Waals surface area contributed by atoms with Crippen LogP contribution in [0.3, 0.4) is 0 Å². The molecular weight excluding hydrogens is 458 g/mol. The van der Waals surface area contributed by atoms with Gasteiger partial charge in [-0.25, -0.2) is 4.39 Å². The van der Waals surface area contributed by atoms with Gasteiger partial charge in [-0.15, -0.1) is 0 Å². The predicted molar refractivity (Wildman–Crippen MR) is 119 cm³/mol. The molecule has 0 bridgehead atoms. The number of nitrogens with zero attached hydrogens (tertiary/aromatic N) is 1. The van der Waals surface area contributed by atoms with Crippen molar-refractivity contribution >= 4 is 58.3 Å². The van der Waals surface area contributed by atoms with Gasteiger partial charge >= 0.3 is 0 Å². The van der Waals surface area contributed by atoms with Crippen LogP contribution in [0.2, 0.25) is 15.1 Å². The Morgan fingerprint density at radius 1 is 1.17 bits per heavy atom. The maximum Gasteiger partial charge on any atom is 0.264 e. The van der Waals surface area contributed by atoms with Crippen LogP contribution in [-0.2, 0) is 0 Å². The number of ether oxygens (including phenoxy) is 1. The summed E-state index contributed by atoms with van der Waals surface area (Å²) >= 11 is 19.5. The van der Waals surface area contributed by atoms with Gasteiger partial charge in [0.15, 0.2) is 0 Å². The Morgan fingerprint density at radius 3 is 2.55 bits per heavy atom. The summed E-state index contributed by atoms with van der Waals surface area (Å²) in [6.07, 6.45) is 1.39. The standard InChI is InChI=1S/C20H20Cl3FN2O2S/c1-2-29-25-20(27)14-10-17(23)19(11-18(14)24)28-13-5-7-26(8-6-13)12-3-4-15(21)16(22)9-12/h3-4,9-11,13H,2,5-8H2,1H3,(H,25,27). The van der Waals surface area contributed by atoms with Gasteiger partial charge in [0, 0.05) is 43.4 Å². The number of carbonyl (C=O) groups is 1. The van der Waals surface area contributed by atoms with Crippen molar-refractivity contribution in [2.45, 2.75) is 25.9 Å². The van der Waals surface area contributed by atoms with Crippen LogP contribution in [0.15, 0.2) is 30.3 Å². The van der Waals surface area contributed by atoms with E-state index in [1.807, 2.05) is 19.1 Å². The lowest BCUT2D eigenvalue weighted by Gasteiger charge is -2.34. The Hall–Kier alpha value is -1.34. The molecule has 1 saturated heterocycles. The Balaban J connectivity index is 1.62. The molecule has 1 aliphatic rings. The third-order valence-electron chi connectivity index (χ3n) is 4.58. The lowest BCUT2D eigenvalue weighted by atomic mass is 10.1. The second-order valence-corrected chi connectivity index (χ2v) is 8.82. The largest absolute Gasteiger partial charge is 0.489 e. The molecule has 156 valence electrons. The highest BCUT2D eigenvalue weighted by molar-refractivity contribution is 7.97. The average molecular weight is 478 g/mol. The predicted octanol–water partition coefficient (Wildman–Crippen LogP) is 6.23. The van der Waals surface area contributed by atoms with Crippen LogP contribution in [0.5, 0.6) is 5.75 Å². The molecule has 2 aromatic carbocycles. The van der Waals surface area contributed by atoms with Crippen molar-refractivity contribution in [2.75, 3.05) is 23.7 Å². The van der Waals surface area contributed by atoms with E-state index >= 15 is 0 Å². The number of piperidine rings is 1. The number of amides is 1. The van der Waals surface area contributed by atoms with Crippen molar-refractivity contribution in [3.8, 4) is 5.75 Å². The zero-order valence-corrected chi connectivity index (χ0v) is 18.8. The monoisotopic (exact) mass is 476 g/mol. The van der Waals surface area contributed by atoms with E-state index in [1.54, 1.807) is 6.07 Å². The molecule has 0 saturated carbocycles. The molecule has 0 unspecified atom stereocenters. The summed E-state index contributed by atoms with van der Waals surface area (Å²) in [6, 6.07) is 8.04. The maximum atomic E-state index is 14.4. The molecule has 29 heavy (non-hydrogen) atoms. The van der Waals surface area contributed by atoms with Gasteiger partial charge in [-0.1, -0.05) is 53.7 Å². The van der Waals surface area contributed by atoms with E-state index < -0.39 is 11.7 Å². The molecule has 0 aromatic heterocycles. The molecule has 0 radical (unpaired) electrons. The Bertz CT molecular complexity index is 892. The first kappa shape index (κ1) is 22.3. The number of rotatable bonds is 6. The number of halogens is 4. The van der Waals surface area contributed by atoms with Crippen molar-refractivity contribution in [2.24, 2.45) is 0 Å². The van der Waals surface area contributed by atoms with Gasteiger partial charge in [-0.3, -0.25) is 9.52 Å². The Labute approximate surface area is 188 Å². The fraction of sp³-hybridized carbons (Fsp3) is 0.350. The van der Waals surface area contributed by atoms with Gasteiger partial charge in [0.1, 0.15) is 17.7 Å². The number of anilines is 1. The maximum absolute atomic E-state index is 14.4. The van der Waals surface area contributed by atoms with Gasteiger partial charge < -0.3 is 9.64 Å². The van der Waals surface area contributed by atoms with Crippen LogP contribution < -0.4 is 14.4 Å². The van der Waals surface area contributed by atoms with Crippen LogP contribution in [-0.4, -0.2) is 30.9 Å². The van der Waals surface area contributed by atoms with Crippen molar-refractivity contribution in [3.05, 3.63) is 56.8 Å². The second-order valence-electron chi connectivity index (χ2n) is 6.53.